The van der Waals surface area contributed by atoms with Gasteiger partial charge in [-0.15, -0.1) is 0 Å². The minimum Gasteiger partial charge on any atom is -0.480 e. The summed E-state index contributed by atoms with van der Waals surface area (Å²) in [5.74, 6) is -1.62. The smallest absolute Gasteiger partial charge is 0.326 e. The Kier molecular flexibility index (Phi) is 6.77. The molecule has 0 saturated carbocycles. The first-order valence-electron chi connectivity index (χ1n) is 10.4. The molecule has 2 amide bonds. The molecule has 3 rings (SSSR count). The Bertz CT molecular complexity index is 923. The summed E-state index contributed by atoms with van der Waals surface area (Å²) >= 11 is 0. The van der Waals surface area contributed by atoms with E-state index in [0.717, 1.165) is 16.5 Å². The Morgan fingerprint density at radius 2 is 2.03 bits per heavy atom. The minimum atomic E-state index is -1.01. The maximum Gasteiger partial charge on any atom is 0.326 e. The molecule has 3 unspecified atom stereocenters. The lowest BCUT2D eigenvalue weighted by molar-refractivity contribution is -0.149. The van der Waals surface area contributed by atoms with E-state index < -0.39 is 30.0 Å². The summed E-state index contributed by atoms with van der Waals surface area (Å²) in [5.41, 5.74) is 8.07. The second-order valence-electron chi connectivity index (χ2n) is 8.39. The van der Waals surface area contributed by atoms with Crippen LogP contribution < -0.4 is 11.1 Å². The number of aromatic nitrogens is 1. The van der Waals surface area contributed by atoms with E-state index in [1.165, 1.54) is 4.90 Å². The Hall–Kier alpha value is -2.87. The highest BCUT2D eigenvalue weighted by Gasteiger charge is 2.38. The van der Waals surface area contributed by atoms with Crippen molar-refractivity contribution in [2.45, 2.75) is 57.7 Å². The first kappa shape index (κ1) is 21.8. The number of nitrogens with one attached hydrogen (secondary N) is 2. The highest BCUT2D eigenvalue weighted by atomic mass is 16.4. The molecule has 2 heterocycles. The van der Waals surface area contributed by atoms with Crippen LogP contribution in [-0.2, 0) is 20.8 Å². The Morgan fingerprint density at radius 3 is 2.73 bits per heavy atom. The molecule has 0 radical (unpaired) electrons. The van der Waals surface area contributed by atoms with E-state index in [2.05, 4.69) is 10.3 Å². The van der Waals surface area contributed by atoms with Gasteiger partial charge in [-0.25, -0.2) is 4.79 Å². The normalized spacial score (nSPS) is 18.5. The van der Waals surface area contributed by atoms with Gasteiger partial charge in [0, 0.05) is 23.6 Å². The van der Waals surface area contributed by atoms with Crippen molar-refractivity contribution in [3.05, 3.63) is 36.0 Å². The van der Waals surface area contributed by atoms with Gasteiger partial charge in [-0.05, 0) is 43.2 Å². The molecule has 1 fully saturated rings. The van der Waals surface area contributed by atoms with Crippen molar-refractivity contribution in [2.75, 3.05) is 6.54 Å². The molecule has 162 valence electrons. The second kappa shape index (κ2) is 9.30. The number of carboxylic acids is 1. The van der Waals surface area contributed by atoms with Gasteiger partial charge < -0.3 is 26.0 Å². The van der Waals surface area contributed by atoms with Crippen LogP contribution in [0.25, 0.3) is 10.9 Å². The number of carboxylic acid groups (broad SMARTS) is 1. The van der Waals surface area contributed by atoms with E-state index in [1.54, 1.807) is 0 Å². The number of carbonyl (C=O) groups is 3. The molecule has 1 aliphatic rings. The molecular weight excluding hydrogens is 384 g/mol. The second-order valence-corrected chi connectivity index (χ2v) is 8.39. The number of aromatic amines is 1. The van der Waals surface area contributed by atoms with Gasteiger partial charge in [-0.1, -0.05) is 32.0 Å². The lowest BCUT2D eigenvalue weighted by atomic mass is 10.0. The minimum absolute atomic E-state index is 0.148. The van der Waals surface area contributed by atoms with Crippen molar-refractivity contribution in [1.29, 1.82) is 0 Å². The summed E-state index contributed by atoms with van der Waals surface area (Å²) in [6.45, 7) is 4.30. The fourth-order valence-electron chi connectivity index (χ4n) is 4.09. The standard InChI is InChI=1S/C22H30N4O4/c1-13(2)10-18(21(28)26-9-5-8-19(26)22(29)30)25-20(27)16(23)11-14-12-24-17-7-4-3-6-15(14)17/h3-4,6-7,12-13,16,18-19,24H,5,8-11,23H2,1-2H3,(H,25,27)(H,29,30). The van der Waals surface area contributed by atoms with Gasteiger partial charge in [0.1, 0.15) is 12.1 Å². The van der Waals surface area contributed by atoms with Gasteiger partial charge in [0.05, 0.1) is 6.04 Å². The molecule has 0 aliphatic carbocycles. The Balaban J connectivity index is 1.70. The zero-order valence-electron chi connectivity index (χ0n) is 17.4. The number of amides is 2. The molecule has 1 aliphatic heterocycles. The van der Waals surface area contributed by atoms with E-state index in [9.17, 15) is 19.5 Å². The fraction of sp³-hybridized carbons (Fsp3) is 0.500. The number of benzene rings is 1. The number of hydrogen-bond acceptors (Lipinski definition) is 4. The number of rotatable bonds is 8. The Morgan fingerprint density at radius 1 is 1.30 bits per heavy atom. The van der Waals surface area contributed by atoms with Gasteiger partial charge in [0.25, 0.3) is 0 Å². The van der Waals surface area contributed by atoms with Gasteiger partial charge in [-0.3, -0.25) is 9.59 Å². The zero-order valence-corrected chi connectivity index (χ0v) is 17.4. The molecule has 5 N–H and O–H groups in total. The third kappa shape index (κ3) is 4.81. The predicted molar refractivity (Wildman–Crippen MR) is 114 cm³/mol. The number of carbonyl (C=O) groups excluding carboxylic acids is 2. The van der Waals surface area contributed by atoms with Crippen molar-refractivity contribution in [3.8, 4) is 0 Å². The van der Waals surface area contributed by atoms with E-state index in [-0.39, 0.29) is 11.8 Å². The molecule has 0 spiro atoms. The summed E-state index contributed by atoms with van der Waals surface area (Å²) in [7, 11) is 0. The molecule has 1 saturated heterocycles. The highest BCUT2D eigenvalue weighted by molar-refractivity contribution is 5.92. The van der Waals surface area contributed by atoms with E-state index in [4.69, 9.17) is 5.73 Å². The van der Waals surface area contributed by atoms with Crippen molar-refractivity contribution in [1.82, 2.24) is 15.2 Å². The van der Waals surface area contributed by atoms with Crippen molar-refractivity contribution < 1.29 is 19.5 Å². The molecule has 1 aromatic heterocycles. The van der Waals surface area contributed by atoms with Crippen LogP contribution in [0.1, 0.15) is 38.7 Å². The first-order valence-corrected chi connectivity index (χ1v) is 10.4. The first-order chi connectivity index (χ1) is 14.3. The number of nitrogens with two attached hydrogens (primary N) is 1. The average Bonchev–Trinajstić information content (AvgIpc) is 3.34. The molecule has 0 bridgehead atoms. The third-order valence-corrected chi connectivity index (χ3v) is 5.59. The molecule has 30 heavy (non-hydrogen) atoms. The highest BCUT2D eigenvalue weighted by Crippen LogP contribution is 2.21. The van der Waals surface area contributed by atoms with Crippen molar-refractivity contribution in [3.63, 3.8) is 0 Å². The molecule has 2 aromatic rings. The van der Waals surface area contributed by atoms with Crippen LogP contribution in [0.5, 0.6) is 0 Å². The van der Waals surface area contributed by atoms with Crippen LogP contribution in [0.3, 0.4) is 0 Å². The maximum atomic E-state index is 13.0. The lowest BCUT2D eigenvalue weighted by Gasteiger charge is -2.29. The van der Waals surface area contributed by atoms with Crippen LogP contribution in [0.15, 0.2) is 30.5 Å². The molecule has 8 nitrogen and oxygen atoms in total. The molecule has 3 atom stereocenters. The SMILES string of the molecule is CC(C)CC(NC(=O)C(N)Cc1c[nH]c2ccccc12)C(=O)N1CCCC1C(=O)O. The maximum absolute atomic E-state index is 13.0. The third-order valence-electron chi connectivity index (χ3n) is 5.59. The van der Waals surface area contributed by atoms with E-state index >= 15 is 0 Å². The van der Waals surface area contributed by atoms with E-state index in [0.29, 0.717) is 32.2 Å². The van der Waals surface area contributed by atoms with Crippen molar-refractivity contribution >= 4 is 28.7 Å². The quantitative estimate of drug-likeness (QED) is 0.522. The van der Waals surface area contributed by atoms with E-state index in [1.807, 2.05) is 44.3 Å². The van der Waals surface area contributed by atoms with Gasteiger partial charge in [-0.2, -0.15) is 0 Å². The summed E-state index contributed by atoms with van der Waals surface area (Å²) < 4.78 is 0. The zero-order chi connectivity index (χ0) is 21.8. The summed E-state index contributed by atoms with van der Waals surface area (Å²) in [5, 5.41) is 13.2. The number of hydrogen-bond donors (Lipinski definition) is 4. The van der Waals surface area contributed by atoms with Gasteiger partial charge in [0.2, 0.25) is 11.8 Å². The molecule has 1 aromatic carbocycles. The summed E-state index contributed by atoms with van der Waals surface area (Å²) in [6.07, 6.45) is 3.68. The number of fused-ring (bicyclic) bond motifs is 1. The van der Waals surface area contributed by atoms with Crippen LogP contribution in [0.4, 0.5) is 0 Å². The lowest BCUT2D eigenvalue weighted by Crippen LogP contribution is -2.55. The number of para-hydroxylation sites is 1. The van der Waals surface area contributed by atoms with Crippen LogP contribution in [0.2, 0.25) is 0 Å². The van der Waals surface area contributed by atoms with Gasteiger partial charge >= 0.3 is 5.97 Å². The predicted octanol–water partition coefficient (Wildman–Crippen LogP) is 1.64. The largest absolute Gasteiger partial charge is 0.480 e. The number of H-pyrrole nitrogens is 1. The number of likely N-dealkylation sites (tertiary alicyclic amines) is 1. The Labute approximate surface area is 175 Å². The van der Waals surface area contributed by atoms with Crippen LogP contribution in [0, 0.1) is 5.92 Å². The van der Waals surface area contributed by atoms with Crippen LogP contribution in [-0.4, -0.2) is 57.4 Å². The monoisotopic (exact) mass is 414 g/mol. The summed E-state index contributed by atoms with van der Waals surface area (Å²) in [6, 6.07) is 5.35. The average molecular weight is 415 g/mol. The summed E-state index contributed by atoms with van der Waals surface area (Å²) in [4.78, 5) is 41.9. The fourth-order valence-corrected chi connectivity index (χ4v) is 4.09. The van der Waals surface area contributed by atoms with Gasteiger partial charge in [0.15, 0.2) is 0 Å². The van der Waals surface area contributed by atoms with Crippen molar-refractivity contribution in [2.24, 2.45) is 11.7 Å². The molecular formula is C22H30N4O4. The number of nitrogens with zero attached hydrogens (tertiary/aromatic N) is 1. The number of aliphatic carboxylic acids is 1. The topological polar surface area (TPSA) is 129 Å². The molecule has 8 heteroatoms. The van der Waals surface area contributed by atoms with Crippen LogP contribution >= 0.6 is 0 Å².